The first kappa shape index (κ1) is 13.0. The molecular formula is C13H18BrFN2. The van der Waals surface area contributed by atoms with Crippen LogP contribution in [0.5, 0.6) is 0 Å². The summed E-state index contributed by atoms with van der Waals surface area (Å²) in [5.74, 6) is -0.192. The van der Waals surface area contributed by atoms with Crippen LogP contribution in [0.3, 0.4) is 0 Å². The van der Waals surface area contributed by atoms with Gasteiger partial charge in [0.05, 0.1) is 0 Å². The van der Waals surface area contributed by atoms with Gasteiger partial charge in [-0.1, -0.05) is 22.0 Å². The fourth-order valence-electron chi connectivity index (χ4n) is 2.26. The zero-order chi connectivity index (χ0) is 12.3. The number of hydrogen-bond acceptors (Lipinski definition) is 2. The van der Waals surface area contributed by atoms with E-state index in [1.165, 1.54) is 25.0 Å². The summed E-state index contributed by atoms with van der Waals surface area (Å²) in [6.45, 7) is 3.03. The number of piperidine rings is 1. The standard InChI is InChI=1S/C13H18BrFN2/c1-17(12-3-2-6-16-8-12)9-10-4-5-11(15)7-13(10)14/h4-5,7,12,16H,2-3,6,8-9H2,1H3. The van der Waals surface area contributed by atoms with Gasteiger partial charge in [-0.2, -0.15) is 0 Å². The molecule has 0 amide bonds. The van der Waals surface area contributed by atoms with Crippen LogP contribution in [0, 0.1) is 5.82 Å². The van der Waals surface area contributed by atoms with Crippen LogP contribution in [0.2, 0.25) is 0 Å². The summed E-state index contributed by atoms with van der Waals surface area (Å²) in [6.07, 6.45) is 2.47. The third-order valence-electron chi connectivity index (χ3n) is 3.33. The second-order valence-electron chi connectivity index (χ2n) is 4.65. The summed E-state index contributed by atoms with van der Waals surface area (Å²) in [5.41, 5.74) is 1.14. The molecule has 1 aliphatic rings. The van der Waals surface area contributed by atoms with Crippen molar-refractivity contribution in [3.8, 4) is 0 Å². The number of nitrogens with zero attached hydrogens (tertiary/aromatic N) is 1. The maximum atomic E-state index is 13.0. The second-order valence-corrected chi connectivity index (χ2v) is 5.51. The van der Waals surface area contributed by atoms with E-state index >= 15 is 0 Å². The number of halogens is 2. The van der Waals surface area contributed by atoms with Gasteiger partial charge >= 0.3 is 0 Å². The first-order valence-corrected chi connectivity index (χ1v) is 6.81. The van der Waals surface area contributed by atoms with E-state index in [1.807, 2.05) is 6.07 Å². The van der Waals surface area contributed by atoms with Crippen LogP contribution in [0.25, 0.3) is 0 Å². The highest BCUT2D eigenvalue weighted by molar-refractivity contribution is 9.10. The van der Waals surface area contributed by atoms with Gasteiger partial charge in [-0.3, -0.25) is 4.90 Å². The molecule has 0 radical (unpaired) electrons. The van der Waals surface area contributed by atoms with Crippen LogP contribution in [0.15, 0.2) is 22.7 Å². The van der Waals surface area contributed by atoms with E-state index < -0.39 is 0 Å². The highest BCUT2D eigenvalue weighted by Gasteiger charge is 2.18. The molecule has 4 heteroatoms. The average Bonchev–Trinajstić information content (AvgIpc) is 2.34. The molecule has 1 aromatic rings. The van der Waals surface area contributed by atoms with Crippen molar-refractivity contribution in [3.05, 3.63) is 34.1 Å². The quantitative estimate of drug-likeness (QED) is 0.923. The van der Waals surface area contributed by atoms with Crippen molar-refractivity contribution < 1.29 is 4.39 Å². The smallest absolute Gasteiger partial charge is 0.124 e. The van der Waals surface area contributed by atoms with Gasteiger partial charge in [-0.05, 0) is 44.1 Å². The molecule has 1 aromatic carbocycles. The molecule has 1 N–H and O–H groups in total. The summed E-state index contributed by atoms with van der Waals surface area (Å²) in [7, 11) is 2.13. The van der Waals surface area contributed by atoms with Crippen LogP contribution >= 0.6 is 15.9 Å². The molecule has 1 heterocycles. The normalized spacial score (nSPS) is 20.8. The van der Waals surface area contributed by atoms with Gasteiger partial charge in [0.25, 0.3) is 0 Å². The van der Waals surface area contributed by atoms with Gasteiger partial charge in [0.2, 0.25) is 0 Å². The Hall–Kier alpha value is -0.450. The number of benzene rings is 1. The van der Waals surface area contributed by atoms with Crippen molar-refractivity contribution in [2.24, 2.45) is 0 Å². The van der Waals surface area contributed by atoms with E-state index in [-0.39, 0.29) is 5.82 Å². The molecule has 94 valence electrons. The first-order chi connectivity index (χ1) is 8.16. The summed E-state index contributed by atoms with van der Waals surface area (Å²) < 4.78 is 13.8. The molecule has 1 atom stereocenters. The summed E-state index contributed by atoms with van der Waals surface area (Å²) in [5, 5.41) is 3.41. The number of rotatable bonds is 3. The topological polar surface area (TPSA) is 15.3 Å². The van der Waals surface area contributed by atoms with E-state index in [4.69, 9.17) is 0 Å². The van der Waals surface area contributed by atoms with E-state index in [1.54, 1.807) is 0 Å². The van der Waals surface area contributed by atoms with Crippen molar-refractivity contribution in [1.82, 2.24) is 10.2 Å². The van der Waals surface area contributed by atoms with Crippen LogP contribution in [0.1, 0.15) is 18.4 Å². The van der Waals surface area contributed by atoms with Crippen molar-refractivity contribution in [2.45, 2.75) is 25.4 Å². The van der Waals surface area contributed by atoms with Gasteiger partial charge in [-0.25, -0.2) is 4.39 Å². The fraction of sp³-hybridized carbons (Fsp3) is 0.538. The molecule has 1 saturated heterocycles. The number of hydrogen-bond donors (Lipinski definition) is 1. The molecule has 2 rings (SSSR count). The zero-order valence-corrected chi connectivity index (χ0v) is 11.6. The third kappa shape index (κ3) is 3.50. The lowest BCUT2D eigenvalue weighted by molar-refractivity contribution is 0.195. The molecule has 2 nitrogen and oxygen atoms in total. The van der Waals surface area contributed by atoms with Crippen molar-refractivity contribution in [2.75, 3.05) is 20.1 Å². The lowest BCUT2D eigenvalue weighted by atomic mass is 10.1. The first-order valence-electron chi connectivity index (χ1n) is 6.01. The molecule has 0 aromatic heterocycles. The lowest BCUT2D eigenvalue weighted by Crippen LogP contribution is -2.43. The largest absolute Gasteiger partial charge is 0.315 e. The minimum Gasteiger partial charge on any atom is -0.315 e. The molecule has 17 heavy (non-hydrogen) atoms. The second kappa shape index (κ2) is 5.94. The molecule has 1 aliphatic heterocycles. The monoisotopic (exact) mass is 300 g/mol. The van der Waals surface area contributed by atoms with Crippen LogP contribution in [-0.4, -0.2) is 31.1 Å². The molecule has 0 spiro atoms. The predicted octanol–water partition coefficient (Wildman–Crippen LogP) is 2.77. The van der Waals surface area contributed by atoms with E-state index in [0.717, 1.165) is 29.7 Å². The van der Waals surface area contributed by atoms with Crippen molar-refractivity contribution in [3.63, 3.8) is 0 Å². The summed E-state index contributed by atoms with van der Waals surface area (Å²) >= 11 is 3.42. The molecular weight excluding hydrogens is 283 g/mol. The zero-order valence-electron chi connectivity index (χ0n) is 10.0. The minimum absolute atomic E-state index is 0.192. The van der Waals surface area contributed by atoms with Gasteiger partial charge < -0.3 is 5.32 Å². The van der Waals surface area contributed by atoms with Gasteiger partial charge in [0, 0.05) is 23.6 Å². The Morgan fingerprint density at radius 2 is 2.35 bits per heavy atom. The highest BCUT2D eigenvalue weighted by atomic mass is 79.9. The van der Waals surface area contributed by atoms with E-state index in [9.17, 15) is 4.39 Å². The van der Waals surface area contributed by atoms with Crippen LogP contribution < -0.4 is 5.32 Å². The van der Waals surface area contributed by atoms with Gasteiger partial charge in [0.1, 0.15) is 5.82 Å². The maximum Gasteiger partial charge on any atom is 0.124 e. The molecule has 0 saturated carbocycles. The van der Waals surface area contributed by atoms with E-state index in [0.29, 0.717) is 6.04 Å². The third-order valence-corrected chi connectivity index (χ3v) is 4.07. The molecule has 1 fully saturated rings. The van der Waals surface area contributed by atoms with Crippen molar-refractivity contribution in [1.29, 1.82) is 0 Å². The molecule has 0 bridgehead atoms. The Morgan fingerprint density at radius 3 is 3.00 bits per heavy atom. The van der Waals surface area contributed by atoms with Crippen LogP contribution in [0.4, 0.5) is 4.39 Å². The van der Waals surface area contributed by atoms with Crippen molar-refractivity contribution >= 4 is 15.9 Å². The molecule has 0 aliphatic carbocycles. The lowest BCUT2D eigenvalue weighted by Gasteiger charge is -2.31. The van der Waals surface area contributed by atoms with Gasteiger partial charge in [-0.15, -0.1) is 0 Å². The molecule has 1 unspecified atom stereocenters. The maximum absolute atomic E-state index is 13.0. The number of likely N-dealkylation sites (N-methyl/N-ethyl adjacent to an activating group) is 1. The number of nitrogens with one attached hydrogen (secondary N) is 1. The summed E-state index contributed by atoms with van der Waals surface area (Å²) in [6, 6.07) is 5.49. The average molecular weight is 301 g/mol. The summed E-state index contributed by atoms with van der Waals surface area (Å²) in [4.78, 5) is 2.34. The Kier molecular flexibility index (Phi) is 4.54. The van der Waals surface area contributed by atoms with Gasteiger partial charge in [0.15, 0.2) is 0 Å². The van der Waals surface area contributed by atoms with E-state index in [2.05, 4.69) is 33.2 Å². The Labute approximate surface area is 110 Å². The minimum atomic E-state index is -0.192. The Bertz CT molecular complexity index is 378. The Morgan fingerprint density at radius 1 is 1.53 bits per heavy atom. The fourth-order valence-corrected chi connectivity index (χ4v) is 2.73. The van der Waals surface area contributed by atoms with Crippen LogP contribution in [-0.2, 0) is 6.54 Å². The SMILES string of the molecule is CN(Cc1ccc(F)cc1Br)C1CCCNC1. The Balaban J connectivity index is 1.99. The highest BCUT2D eigenvalue weighted by Crippen LogP contribution is 2.21. The predicted molar refractivity (Wildman–Crippen MR) is 71.5 cm³/mol.